The van der Waals surface area contributed by atoms with Gasteiger partial charge in [0.15, 0.2) is 10.8 Å². The minimum Gasteiger partial charge on any atom is -0.385 e. The van der Waals surface area contributed by atoms with Crippen LogP contribution in [0.1, 0.15) is 26.5 Å². The number of imidazole rings is 1. The topological polar surface area (TPSA) is 54.7 Å². The van der Waals surface area contributed by atoms with Gasteiger partial charge in [-0.2, -0.15) is 5.10 Å². The van der Waals surface area contributed by atoms with Gasteiger partial charge in [-0.25, -0.2) is 9.50 Å². The van der Waals surface area contributed by atoms with Crippen molar-refractivity contribution in [3.8, 4) is 0 Å². The number of aromatic nitrogens is 3. The van der Waals surface area contributed by atoms with Crippen LogP contribution >= 0.6 is 11.6 Å². The Balaban J connectivity index is 0.000000228. The van der Waals surface area contributed by atoms with Gasteiger partial charge in [-0.1, -0.05) is 25.4 Å². The summed E-state index contributed by atoms with van der Waals surface area (Å²) in [5.74, 6) is 0. The molecule has 3 rings (SSSR count). The molecule has 0 spiro atoms. The van der Waals surface area contributed by atoms with Crippen LogP contribution in [0.15, 0.2) is 12.3 Å². The number of ether oxygens (including phenoxy) is 1. The smallest absolute Gasteiger partial charge is 0.177 e. The van der Waals surface area contributed by atoms with Crippen LogP contribution < -0.4 is 5.32 Å². The third-order valence-corrected chi connectivity index (χ3v) is 3.51. The van der Waals surface area contributed by atoms with Crippen LogP contribution in [0.3, 0.4) is 0 Å². The number of fused-ring (bicyclic) bond motifs is 1. The molecular weight excluding hydrogens is 314 g/mol. The molecule has 1 N–H and O–H groups in total. The summed E-state index contributed by atoms with van der Waals surface area (Å²) in [6, 6.07) is 1.75. The molecule has 1 unspecified atom stereocenters. The molecule has 1 aliphatic rings. The van der Waals surface area contributed by atoms with Crippen LogP contribution in [-0.4, -0.2) is 59.4 Å². The van der Waals surface area contributed by atoms with E-state index in [1.165, 1.54) is 0 Å². The molecule has 1 saturated heterocycles. The Morgan fingerprint density at radius 2 is 2.09 bits per heavy atom. The number of hydrogen-bond donors (Lipinski definition) is 1. The Hall–Kier alpha value is -1.37. The molecule has 0 amide bonds. The summed E-state index contributed by atoms with van der Waals surface area (Å²) in [4.78, 5) is 6.50. The van der Waals surface area contributed by atoms with Gasteiger partial charge < -0.3 is 15.0 Å². The number of morpholine rings is 1. The maximum absolute atomic E-state index is 5.83. The lowest BCUT2D eigenvalue weighted by Crippen LogP contribution is -2.38. The van der Waals surface area contributed by atoms with Crippen LogP contribution in [0.25, 0.3) is 5.65 Å². The maximum Gasteiger partial charge on any atom is 0.177 e. The predicted molar refractivity (Wildman–Crippen MR) is 96.5 cm³/mol. The molecule has 0 saturated carbocycles. The van der Waals surface area contributed by atoms with Gasteiger partial charge in [0.2, 0.25) is 0 Å². The van der Waals surface area contributed by atoms with Crippen LogP contribution in [0, 0.1) is 6.92 Å². The van der Waals surface area contributed by atoms with Crippen molar-refractivity contribution in [3.05, 3.63) is 23.1 Å². The van der Waals surface area contributed by atoms with Gasteiger partial charge in [-0.15, -0.1) is 0 Å². The second-order valence-corrected chi connectivity index (χ2v) is 5.60. The van der Waals surface area contributed by atoms with E-state index in [2.05, 4.69) is 34.3 Å². The number of hydrogen-bond acceptors (Lipinski definition) is 5. The normalized spacial score (nSPS) is 17.8. The molecule has 0 aromatic carbocycles. The molecule has 2 aromatic heterocycles. The van der Waals surface area contributed by atoms with E-state index >= 15 is 0 Å². The molecule has 1 fully saturated rings. The van der Waals surface area contributed by atoms with Crippen LogP contribution in [0.2, 0.25) is 5.15 Å². The van der Waals surface area contributed by atoms with E-state index < -0.39 is 0 Å². The number of likely N-dealkylation sites (N-methyl/N-ethyl adjacent to an activating group) is 1. The van der Waals surface area contributed by atoms with Gasteiger partial charge in [0, 0.05) is 26.2 Å². The first-order valence-corrected chi connectivity index (χ1v) is 8.38. The molecule has 0 aliphatic carbocycles. The molecule has 2 aromatic rings. The van der Waals surface area contributed by atoms with Crippen molar-refractivity contribution < 1.29 is 4.74 Å². The zero-order valence-electron chi connectivity index (χ0n) is 14.9. The van der Waals surface area contributed by atoms with Gasteiger partial charge in [0.25, 0.3) is 0 Å². The van der Waals surface area contributed by atoms with E-state index in [0.717, 1.165) is 36.7 Å². The molecule has 1 aliphatic heterocycles. The van der Waals surface area contributed by atoms with E-state index in [1.54, 1.807) is 16.8 Å². The molecule has 1 atom stereocenters. The van der Waals surface area contributed by atoms with Gasteiger partial charge in [0.1, 0.15) is 0 Å². The molecule has 130 valence electrons. The fourth-order valence-corrected chi connectivity index (χ4v) is 2.41. The van der Waals surface area contributed by atoms with E-state index in [0.29, 0.717) is 11.3 Å². The summed E-state index contributed by atoms with van der Waals surface area (Å²) in [6.45, 7) is 11.1. The van der Waals surface area contributed by atoms with Gasteiger partial charge in [-0.05, 0) is 20.9 Å². The van der Waals surface area contributed by atoms with Crippen molar-refractivity contribution in [3.63, 3.8) is 0 Å². The molecule has 0 bridgehead atoms. The molecule has 23 heavy (non-hydrogen) atoms. The van der Waals surface area contributed by atoms with Crippen LogP contribution in [-0.2, 0) is 4.74 Å². The highest BCUT2D eigenvalue weighted by Gasteiger charge is 2.11. The summed E-state index contributed by atoms with van der Waals surface area (Å²) in [6.07, 6.45) is 2.20. The Bertz CT molecular complexity index is 593. The van der Waals surface area contributed by atoms with Crippen molar-refractivity contribution in [2.45, 2.75) is 33.8 Å². The van der Waals surface area contributed by atoms with E-state index in [-0.39, 0.29) is 0 Å². The summed E-state index contributed by atoms with van der Waals surface area (Å²) in [5.41, 5.74) is 2.64. The third kappa shape index (κ3) is 5.64. The average molecular weight is 342 g/mol. The number of nitrogens with zero attached hydrogens (tertiary/aromatic N) is 4. The zero-order chi connectivity index (χ0) is 17.4. The Morgan fingerprint density at radius 3 is 2.61 bits per heavy atom. The quantitative estimate of drug-likeness (QED) is 0.863. The molecule has 0 radical (unpaired) electrons. The fraction of sp³-hybridized carbons (Fsp3) is 0.625. The average Bonchev–Trinajstić information content (AvgIpc) is 2.90. The number of rotatable bonds is 1. The maximum atomic E-state index is 5.83. The highest BCUT2D eigenvalue weighted by molar-refractivity contribution is 6.29. The van der Waals surface area contributed by atoms with E-state index in [1.807, 2.05) is 27.8 Å². The number of nitrogens with one attached hydrogen (secondary N) is 1. The molecular formula is C16H28ClN5O. The molecule has 3 heterocycles. The standard InChI is InChI=1S/C8H9ClN4.C6H13NO.C2H6/c1-5-4-11-8-6(10-2)3-7(9)12-13(5)8;1-6-5-7(2)3-4-8-6;1-2/h3-4,10H,1-2H3;6H,3-5H2,1-2H3;1-2H3. The summed E-state index contributed by atoms with van der Waals surface area (Å²) in [5, 5.41) is 7.60. The summed E-state index contributed by atoms with van der Waals surface area (Å²) >= 11 is 5.83. The molecule has 7 heteroatoms. The van der Waals surface area contributed by atoms with Crippen molar-refractivity contribution in [1.82, 2.24) is 19.5 Å². The minimum absolute atomic E-state index is 0.439. The zero-order valence-corrected chi connectivity index (χ0v) is 15.7. The predicted octanol–water partition coefficient (Wildman–Crippen LogP) is 3.10. The Kier molecular flexibility index (Phi) is 8.30. The first-order chi connectivity index (χ1) is 11.0. The highest BCUT2D eigenvalue weighted by Crippen LogP contribution is 2.18. The number of anilines is 1. The number of halogens is 1. The SMILES string of the molecule is CC.CC1CN(C)CCO1.CNc1cc(Cl)nn2c(C)cnc12. The first-order valence-electron chi connectivity index (χ1n) is 8.00. The van der Waals surface area contributed by atoms with E-state index in [9.17, 15) is 0 Å². The highest BCUT2D eigenvalue weighted by atomic mass is 35.5. The monoisotopic (exact) mass is 341 g/mol. The lowest BCUT2D eigenvalue weighted by Gasteiger charge is -2.27. The fourth-order valence-electron chi connectivity index (χ4n) is 2.23. The second kappa shape index (κ2) is 9.70. The van der Waals surface area contributed by atoms with Crippen molar-refractivity contribution >= 4 is 22.9 Å². The Morgan fingerprint density at radius 1 is 1.39 bits per heavy atom. The van der Waals surface area contributed by atoms with Crippen molar-refractivity contribution in [1.29, 1.82) is 0 Å². The number of aryl methyl sites for hydroxylation is 1. The molecule has 6 nitrogen and oxygen atoms in total. The van der Waals surface area contributed by atoms with Crippen molar-refractivity contribution in [2.75, 3.05) is 39.1 Å². The Labute approximate surface area is 143 Å². The van der Waals surface area contributed by atoms with Crippen LogP contribution in [0.5, 0.6) is 0 Å². The van der Waals surface area contributed by atoms with E-state index in [4.69, 9.17) is 16.3 Å². The summed E-state index contributed by atoms with van der Waals surface area (Å²) in [7, 11) is 3.95. The lowest BCUT2D eigenvalue weighted by atomic mass is 10.3. The second-order valence-electron chi connectivity index (χ2n) is 5.21. The lowest BCUT2D eigenvalue weighted by molar-refractivity contribution is -0.00861. The summed E-state index contributed by atoms with van der Waals surface area (Å²) < 4.78 is 7.02. The van der Waals surface area contributed by atoms with Gasteiger partial charge in [-0.3, -0.25) is 0 Å². The third-order valence-electron chi connectivity index (χ3n) is 3.32. The van der Waals surface area contributed by atoms with Crippen LogP contribution in [0.4, 0.5) is 5.69 Å². The van der Waals surface area contributed by atoms with Crippen molar-refractivity contribution in [2.24, 2.45) is 0 Å². The largest absolute Gasteiger partial charge is 0.385 e. The first kappa shape index (κ1) is 19.7. The van der Waals surface area contributed by atoms with Gasteiger partial charge >= 0.3 is 0 Å². The minimum atomic E-state index is 0.439. The van der Waals surface area contributed by atoms with Gasteiger partial charge in [0.05, 0.1) is 30.3 Å².